The molecular weight excluding hydrogens is 166 g/mol. The zero-order chi connectivity index (χ0) is 9.84. The monoisotopic (exact) mass is 185 g/mol. The molecular formula is C9H19N3O. The number of likely N-dealkylation sites (tertiary alicyclic amines) is 1. The van der Waals surface area contributed by atoms with Gasteiger partial charge in [-0.1, -0.05) is 0 Å². The highest BCUT2D eigenvalue weighted by molar-refractivity contribution is 5.82. The third-order valence-electron chi connectivity index (χ3n) is 2.74. The number of amidine groups is 1. The molecule has 0 amide bonds. The van der Waals surface area contributed by atoms with Crippen molar-refractivity contribution in [1.29, 1.82) is 5.41 Å². The average molecular weight is 185 g/mol. The molecule has 0 aliphatic carbocycles. The summed E-state index contributed by atoms with van der Waals surface area (Å²) >= 11 is 0. The maximum absolute atomic E-state index is 7.35. The van der Waals surface area contributed by atoms with Crippen molar-refractivity contribution in [3.8, 4) is 0 Å². The summed E-state index contributed by atoms with van der Waals surface area (Å²) < 4.78 is 5.30. The number of methoxy groups -OCH3 is 1. The number of ether oxygens (including phenoxy) is 1. The topological polar surface area (TPSA) is 62.3 Å². The summed E-state index contributed by atoms with van der Waals surface area (Å²) in [6, 6.07) is 0.0537. The smallest absolute Gasteiger partial charge is 0.108 e. The summed E-state index contributed by atoms with van der Waals surface area (Å²) in [6.07, 6.45) is 2.57. The normalized spacial score (nSPS) is 27.1. The van der Waals surface area contributed by atoms with Gasteiger partial charge in [0, 0.05) is 13.7 Å². The lowest BCUT2D eigenvalue weighted by Gasteiger charge is -2.35. The first-order valence-electron chi connectivity index (χ1n) is 4.76. The van der Waals surface area contributed by atoms with E-state index in [1.54, 1.807) is 7.11 Å². The molecule has 0 aromatic heterocycles. The molecule has 0 spiro atoms. The minimum Gasteiger partial charge on any atom is -0.386 e. The molecule has 1 fully saturated rings. The van der Waals surface area contributed by atoms with Gasteiger partial charge in [-0.05, 0) is 26.3 Å². The molecule has 0 saturated carbocycles. The van der Waals surface area contributed by atoms with Crippen LogP contribution in [0.4, 0.5) is 0 Å². The van der Waals surface area contributed by atoms with E-state index in [0.717, 1.165) is 25.9 Å². The predicted octanol–water partition coefficient (Wildman–Crippen LogP) is 0.422. The number of nitrogens with one attached hydrogen (secondary N) is 1. The van der Waals surface area contributed by atoms with Crippen molar-refractivity contribution in [3.63, 3.8) is 0 Å². The van der Waals surface area contributed by atoms with E-state index in [2.05, 4.69) is 4.90 Å². The molecule has 2 atom stereocenters. The minimum absolute atomic E-state index is 0.0537. The second kappa shape index (κ2) is 4.58. The van der Waals surface area contributed by atoms with Crippen LogP contribution in [0.2, 0.25) is 0 Å². The van der Waals surface area contributed by atoms with Gasteiger partial charge in [-0.25, -0.2) is 0 Å². The summed E-state index contributed by atoms with van der Waals surface area (Å²) in [5.41, 5.74) is 5.45. The Bertz CT molecular complexity index is 184. The fourth-order valence-electron chi connectivity index (χ4n) is 1.71. The van der Waals surface area contributed by atoms with Crippen LogP contribution in [-0.2, 0) is 4.74 Å². The number of nitrogens with two attached hydrogens (primary N) is 1. The quantitative estimate of drug-likeness (QED) is 0.495. The molecule has 4 heteroatoms. The number of piperidine rings is 1. The largest absolute Gasteiger partial charge is 0.386 e. The Balaban J connectivity index is 2.46. The molecule has 1 saturated heterocycles. The highest BCUT2D eigenvalue weighted by Crippen LogP contribution is 2.14. The van der Waals surface area contributed by atoms with Gasteiger partial charge in [0.05, 0.1) is 12.1 Å². The Morgan fingerprint density at radius 2 is 2.38 bits per heavy atom. The van der Waals surface area contributed by atoms with Gasteiger partial charge in [-0.2, -0.15) is 0 Å². The van der Waals surface area contributed by atoms with Crippen LogP contribution in [0, 0.1) is 5.41 Å². The molecule has 1 heterocycles. The molecule has 0 radical (unpaired) electrons. The molecule has 1 aliphatic rings. The predicted molar refractivity (Wildman–Crippen MR) is 53.0 cm³/mol. The van der Waals surface area contributed by atoms with Crippen molar-refractivity contribution in [1.82, 2.24) is 4.90 Å². The van der Waals surface area contributed by atoms with Crippen LogP contribution in [0.25, 0.3) is 0 Å². The van der Waals surface area contributed by atoms with E-state index in [1.807, 2.05) is 6.92 Å². The molecule has 13 heavy (non-hydrogen) atoms. The van der Waals surface area contributed by atoms with Crippen molar-refractivity contribution in [2.45, 2.75) is 31.9 Å². The maximum Gasteiger partial charge on any atom is 0.108 e. The molecule has 0 aromatic carbocycles. The Kier molecular flexibility index (Phi) is 3.69. The Morgan fingerprint density at radius 3 is 2.92 bits per heavy atom. The SMILES string of the molecule is COC1CCCN(C(C)C(=N)N)C1. The second-order valence-corrected chi connectivity index (χ2v) is 3.63. The van der Waals surface area contributed by atoms with E-state index >= 15 is 0 Å². The van der Waals surface area contributed by atoms with Gasteiger partial charge in [-0.3, -0.25) is 10.3 Å². The number of nitrogens with zero attached hydrogens (tertiary/aromatic N) is 1. The minimum atomic E-state index is 0.0537. The van der Waals surface area contributed by atoms with Gasteiger partial charge in [-0.15, -0.1) is 0 Å². The second-order valence-electron chi connectivity index (χ2n) is 3.63. The van der Waals surface area contributed by atoms with Gasteiger partial charge in [0.2, 0.25) is 0 Å². The van der Waals surface area contributed by atoms with E-state index in [9.17, 15) is 0 Å². The van der Waals surface area contributed by atoms with Crippen LogP contribution < -0.4 is 5.73 Å². The lowest BCUT2D eigenvalue weighted by Crippen LogP contribution is -2.49. The first-order valence-corrected chi connectivity index (χ1v) is 4.76. The maximum atomic E-state index is 7.35. The van der Waals surface area contributed by atoms with E-state index < -0.39 is 0 Å². The standard InChI is InChI=1S/C9H19N3O/c1-7(9(10)11)12-5-3-4-8(6-12)13-2/h7-8H,3-6H2,1-2H3,(H3,10,11). The number of hydrogen-bond donors (Lipinski definition) is 2. The third kappa shape index (κ3) is 2.67. The van der Waals surface area contributed by atoms with Gasteiger partial charge in [0.25, 0.3) is 0 Å². The fraction of sp³-hybridized carbons (Fsp3) is 0.889. The fourth-order valence-corrected chi connectivity index (χ4v) is 1.71. The molecule has 2 unspecified atom stereocenters. The van der Waals surface area contributed by atoms with Crippen molar-refractivity contribution in [3.05, 3.63) is 0 Å². The van der Waals surface area contributed by atoms with Gasteiger partial charge < -0.3 is 10.5 Å². The molecule has 0 aromatic rings. The van der Waals surface area contributed by atoms with E-state index in [1.165, 1.54) is 0 Å². The lowest BCUT2D eigenvalue weighted by molar-refractivity contribution is 0.0264. The highest BCUT2D eigenvalue weighted by Gasteiger charge is 2.24. The van der Waals surface area contributed by atoms with Crippen molar-refractivity contribution >= 4 is 5.84 Å². The van der Waals surface area contributed by atoms with Gasteiger partial charge in [0.15, 0.2) is 0 Å². The van der Waals surface area contributed by atoms with Crippen molar-refractivity contribution in [2.24, 2.45) is 5.73 Å². The van der Waals surface area contributed by atoms with Crippen LogP contribution in [-0.4, -0.2) is 43.1 Å². The van der Waals surface area contributed by atoms with Crippen molar-refractivity contribution in [2.75, 3.05) is 20.2 Å². The van der Waals surface area contributed by atoms with Gasteiger partial charge >= 0.3 is 0 Å². The van der Waals surface area contributed by atoms with E-state index in [0.29, 0.717) is 6.10 Å². The summed E-state index contributed by atoms with van der Waals surface area (Å²) in [5, 5.41) is 7.35. The zero-order valence-corrected chi connectivity index (χ0v) is 8.42. The Hall–Kier alpha value is -0.610. The first kappa shape index (κ1) is 10.5. The van der Waals surface area contributed by atoms with E-state index in [4.69, 9.17) is 15.9 Å². The van der Waals surface area contributed by atoms with Gasteiger partial charge in [0.1, 0.15) is 5.84 Å². The molecule has 76 valence electrons. The Labute approximate surface area is 79.6 Å². The first-order chi connectivity index (χ1) is 6.15. The third-order valence-corrected chi connectivity index (χ3v) is 2.74. The van der Waals surface area contributed by atoms with Crippen molar-refractivity contribution < 1.29 is 4.74 Å². The van der Waals surface area contributed by atoms with E-state index in [-0.39, 0.29) is 11.9 Å². The summed E-state index contributed by atoms with van der Waals surface area (Å²) in [4.78, 5) is 2.21. The molecule has 1 rings (SSSR count). The molecule has 3 N–H and O–H groups in total. The summed E-state index contributed by atoms with van der Waals surface area (Å²) in [5.74, 6) is 0.247. The van der Waals surface area contributed by atoms with Crippen LogP contribution >= 0.6 is 0 Å². The van der Waals surface area contributed by atoms with Crippen LogP contribution in [0.5, 0.6) is 0 Å². The lowest BCUT2D eigenvalue weighted by atomic mass is 10.1. The molecule has 0 bridgehead atoms. The van der Waals surface area contributed by atoms with Crippen LogP contribution in [0.1, 0.15) is 19.8 Å². The zero-order valence-electron chi connectivity index (χ0n) is 8.42. The number of hydrogen-bond acceptors (Lipinski definition) is 3. The summed E-state index contributed by atoms with van der Waals surface area (Å²) in [6.45, 7) is 3.90. The average Bonchev–Trinajstić information content (AvgIpc) is 2.16. The number of rotatable bonds is 3. The summed E-state index contributed by atoms with van der Waals surface area (Å²) in [7, 11) is 1.74. The van der Waals surface area contributed by atoms with Crippen LogP contribution in [0.15, 0.2) is 0 Å². The Morgan fingerprint density at radius 1 is 1.69 bits per heavy atom. The highest BCUT2D eigenvalue weighted by atomic mass is 16.5. The molecule has 1 aliphatic heterocycles. The molecule has 4 nitrogen and oxygen atoms in total. The van der Waals surface area contributed by atoms with Crippen LogP contribution in [0.3, 0.4) is 0 Å².